The van der Waals surface area contributed by atoms with Gasteiger partial charge in [0, 0.05) is 0 Å². The Morgan fingerprint density at radius 1 is 1.24 bits per heavy atom. The van der Waals surface area contributed by atoms with Crippen molar-refractivity contribution in [1.29, 1.82) is 0 Å². The van der Waals surface area contributed by atoms with E-state index in [1.165, 1.54) is 0 Å². The van der Waals surface area contributed by atoms with Gasteiger partial charge in [0.15, 0.2) is 0 Å². The van der Waals surface area contributed by atoms with Gasteiger partial charge in [0.25, 0.3) is 0 Å². The lowest BCUT2D eigenvalue weighted by molar-refractivity contribution is -0.144. The first kappa shape index (κ1) is 15.4. The highest BCUT2D eigenvalue weighted by atomic mass is 16.4. The lowest BCUT2D eigenvalue weighted by atomic mass is 9.87. The summed E-state index contributed by atoms with van der Waals surface area (Å²) < 4.78 is 0. The molecule has 0 heterocycles. The van der Waals surface area contributed by atoms with E-state index in [9.17, 15) is 14.4 Å². The Balaban J connectivity index is 4.34. The minimum Gasteiger partial charge on any atom is -0.480 e. The van der Waals surface area contributed by atoms with Crippen LogP contribution >= 0.6 is 0 Å². The average Bonchev–Trinajstić information content (AvgIpc) is 2.20. The maximum atomic E-state index is 11.4. The minimum atomic E-state index is -1.11. The number of carbonyl (C=O) groups is 3. The highest BCUT2D eigenvalue weighted by Crippen LogP contribution is 2.19. The van der Waals surface area contributed by atoms with Crippen molar-refractivity contribution in [3.63, 3.8) is 0 Å². The summed E-state index contributed by atoms with van der Waals surface area (Å²) in [6, 6.07) is -1.01. The highest BCUT2D eigenvalue weighted by molar-refractivity contribution is 5.88. The van der Waals surface area contributed by atoms with Gasteiger partial charge in [-0.25, -0.2) is 4.79 Å². The third-order valence-electron chi connectivity index (χ3n) is 2.05. The van der Waals surface area contributed by atoms with Gasteiger partial charge in [0.05, 0.1) is 13.1 Å². The van der Waals surface area contributed by atoms with Crippen LogP contribution in [0.5, 0.6) is 0 Å². The van der Waals surface area contributed by atoms with Crippen molar-refractivity contribution >= 4 is 17.8 Å². The van der Waals surface area contributed by atoms with Crippen LogP contribution in [0.25, 0.3) is 0 Å². The third kappa shape index (κ3) is 5.86. The molecule has 0 aromatic heterocycles. The van der Waals surface area contributed by atoms with Gasteiger partial charge in [0.2, 0.25) is 11.8 Å². The lowest BCUT2D eigenvalue weighted by Gasteiger charge is -2.27. The first-order valence-corrected chi connectivity index (χ1v) is 5.17. The van der Waals surface area contributed by atoms with Crippen LogP contribution in [0.3, 0.4) is 0 Å². The Labute approximate surface area is 99.7 Å². The smallest absolute Gasteiger partial charge is 0.326 e. The maximum absolute atomic E-state index is 11.4. The molecule has 5 N–H and O–H groups in total. The van der Waals surface area contributed by atoms with E-state index < -0.39 is 29.2 Å². The van der Waals surface area contributed by atoms with E-state index in [4.69, 9.17) is 10.8 Å². The van der Waals surface area contributed by atoms with Crippen molar-refractivity contribution in [3.05, 3.63) is 0 Å². The molecule has 0 aliphatic rings. The second kappa shape index (κ2) is 6.19. The summed E-state index contributed by atoms with van der Waals surface area (Å²) in [5.74, 6) is -2.15. The van der Waals surface area contributed by atoms with Crippen molar-refractivity contribution in [2.75, 3.05) is 13.1 Å². The molecule has 0 radical (unpaired) electrons. The topological polar surface area (TPSA) is 122 Å². The van der Waals surface area contributed by atoms with Crippen LogP contribution in [-0.2, 0) is 14.4 Å². The zero-order valence-corrected chi connectivity index (χ0v) is 10.2. The number of amides is 2. The molecular weight excluding hydrogens is 226 g/mol. The number of hydrogen-bond acceptors (Lipinski definition) is 4. The summed E-state index contributed by atoms with van der Waals surface area (Å²) in [6.07, 6.45) is 0. The Kier molecular flexibility index (Phi) is 5.60. The molecule has 1 atom stereocenters. The maximum Gasteiger partial charge on any atom is 0.326 e. The fraction of sp³-hybridized carbons (Fsp3) is 0.700. The molecule has 7 heteroatoms. The van der Waals surface area contributed by atoms with Crippen LogP contribution in [-0.4, -0.2) is 42.0 Å². The molecule has 7 nitrogen and oxygen atoms in total. The zero-order valence-electron chi connectivity index (χ0n) is 10.2. The van der Waals surface area contributed by atoms with E-state index in [0.717, 1.165) is 0 Å². The number of aliphatic carboxylic acids is 1. The zero-order chi connectivity index (χ0) is 13.6. The molecule has 0 aliphatic heterocycles. The lowest BCUT2D eigenvalue weighted by Crippen LogP contribution is -2.51. The standard InChI is InChI=1S/C10H19N3O4/c1-10(2,3)8(9(16)17)13-7(15)5-12-6(14)4-11/h8H,4-5,11H2,1-3H3,(H,12,14)(H,13,15)(H,16,17). The third-order valence-corrected chi connectivity index (χ3v) is 2.05. The molecule has 0 aliphatic carbocycles. The summed E-state index contributed by atoms with van der Waals surface area (Å²) in [4.78, 5) is 33.1. The SMILES string of the molecule is CC(C)(C)C(NC(=O)CNC(=O)CN)C(=O)O. The first-order valence-electron chi connectivity index (χ1n) is 5.17. The Morgan fingerprint density at radius 3 is 2.12 bits per heavy atom. The number of hydrogen-bond donors (Lipinski definition) is 4. The van der Waals surface area contributed by atoms with Crippen LogP contribution in [0, 0.1) is 5.41 Å². The normalized spacial score (nSPS) is 12.7. The summed E-state index contributed by atoms with van der Waals surface area (Å²) in [5, 5.41) is 13.6. The molecule has 0 saturated carbocycles. The molecule has 1 unspecified atom stereocenters. The molecule has 17 heavy (non-hydrogen) atoms. The number of nitrogens with one attached hydrogen (secondary N) is 2. The molecule has 0 fully saturated rings. The monoisotopic (exact) mass is 245 g/mol. The van der Waals surface area contributed by atoms with E-state index >= 15 is 0 Å². The minimum absolute atomic E-state index is 0.213. The van der Waals surface area contributed by atoms with Crippen molar-refractivity contribution in [2.24, 2.45) is 11.1 Å². The Morgan fingerprint density at radius 2 is 1.76 bits per heavy atom. The van der Waals surface area contributed by atoms with Gasteiger partial charge in [-0.1, -0.05) is 20.8 Å². The first-order chi connectivity index (χ1) is 7.68. The molecule has 0 aromatic rings. The van der Waals surface area contributed by atoms with Crippen LogP contribution in [0.15, 0.2) is 0 Å². The number of nitrogens with two attached hydrogens (primary N) is 1. The fourth-order valence-corrected chi connectivity index (χ4v) is 1.11. The number of carboxylic acid groups (broad SMARTS) is 1. The number of carbonyl (C=O) groups excluding carboxylic acids is 2. The average molecular weight is 245 g/mol. The van der Waals surface area contributed by atoms with Crippen LogP contribution in [0.4, 0.5) is 0 Å². The van der Waals surface area contributed by atoms with Gasteiger partial charge >= 0.3 is 5.97 Å². The van der Waals surface area contributed by atoms with Gasteiger partial charge < -0.3 is 21.5 Å². The van der Waals surface area contributed by atoms with Crippen LogP contribution in [0.1, 0.15) is 20.8 Å². The predicted octanol–water partition coefficient (Wildman–Crippen LogP) is -1.32. The molecule has 2 amide bonds. The summed E-state index contributed by atoms with van der Waals surface area (Å²) in [5.41, 5.74) is 4.43. The molecule has 0 aromatic carbocycles. The number of carboxylic acids is 1. The van der Waals surface area contributed by atoms with Crippen molar-refractivity contribution in [1.82, 2.24) is 10.6 Å². The van der Waals surface area contributed by atoms with E-state index in [1.807, 2.05) is 0 Å². The van der Waals surface area contributed by atoms with Crippen LogP contribution < -0.4 is 16.4 Å². The second-order valence-electron chi connectivity index (χ2n) is 4.69. The largest absolute Gasteiger partial charge is 0.480 e. The highest BCUT2D eigenvalue weighted by Gasteiger charge is 2.32. The molecule has 0 bridgehead atoms. The van der Waals surface area contributed by atoms with E-state index in [2.05, 4.69) is 10.6 Å². The summed E-state index contributed by atoms with van der Waals surface area (Å²) >= 11 is 0. The van der Waals surface area contributed by atoms with Gasteiger partial charge in [0.1, 0.15) is 6.04 Å². The second-order valence-corrected chi connectivity index (χ2v) is 4.69. The predicted molar refractivity (Wildman–Crippen MR) is 61.1 cm³/mol. The van der Waals surface area contributed by atoms with Crippen molar-refractivity contribution in [2.45, 2.75) is 26.8 Å². The van der Waals surface area contributed by atoms with E-state index in [1.54, 1.807) is 20.8 Å². The van der Waals surface area contributed by atoms with Gasteiger partial charge in [-0.3, -0.25) is 9.59 Å². The quantitative estimate of drug-likeness (QED) is 0.478. The van der Waals surface area contributed by atoms with Crippen molar-refractivity contribution in [3.8, 4) is 0 Å². The van der Waals surface area contributed by atoms with Gasteiger partial charge in [-0.2, -0.15) is 0 Å². The molecule has 0 spiro atoms. The van der Waals surface area contributed by atoms with Crippen molar-refractivity contribution < 1.29 is 19.5 Å². The van der Waals surface area contributed by atoms with E-state index in [-0.39, 0.29) is 13.1 Å². The number of rotatable bonds is 5. The summed E-state index contributed by atoms with van der Waals surface area (Å²) in [7, 11) is 0. The van der Waals surface area contributed by atoms with Gasteiger partial charge in [-0.05, 0) is 5.41 Å². The van der Waals surface area contributed by atoms with Gasteiger partial charge in [-0.15, -0.1) is 0 Å². The summed E-state index contributed by atoms with van der Waals surface area (Å²) in [6.45, 7) is 4.60. The van der Waals surface area contributed by atoms with Crippen LogP contribution in [0.2, 0.25) is 0 Å². The molecule has 98 valence electrons. The Bertz CT molecular complexity index is 309. The fourth-order valence-electron chi connectivity index (χ4n) is 1.11. The van der Waals surface area contributed by atoms with E-state index in [0.29, 0.717) is 0 Å². The molecule has 0 rings (SSSR count). The Hall–Kier alpha value is -1.63. The molecule has 0 saturated heterocycles. The molecular formula is C10H19N3O4.